The Balaban J connectivity index is 2.10. The van der Waals surface area contributed by atoms with E-state index in [9.17, 15) is 9.18 Å². The number of methoxy groups -OCH3 is 1. The number of halogens is 2. The molecule has 7 heteroatoms. The van der Waals surface area contributed by atoms with Gasteiger partial charge >= 0.3 is 5.97 Å². The van der Waals surface area contributed by atoms with Crippen LogP contribution in [0.2, 0.25) is 5.02 Å². The van der Waals surface area contributed by atoms with Crippen molar-refractivity contribution in [1.29, 1.82) is 0 Å². The second kappa shape index (κ2) is 9.40. The lowest BCUT2D eigenvalue weighted by atomic mass is 10.1. The van der Waals surface area contributed by atoms with Gasteiger partial charge in [0.1, 0.15) is 18.5 Å². The maximum atomic E-state index is 13.8. The Kier molecular flexibility index (Phi) is 7.24. The van der Waals surface area contributed by atoms with Crippen molar-refractivity contribution < 1.29 is 23.4 Å². The quantitative estimate of drug-likeness (QED) is 0.708. The first kappa shape index (κ1) is 20.0. The van der Waals surface area contributed by atoms with E-state index in [1.165, 1.54) is 19.2 Å². The Hall–Kier alpha value is -2.31. The Morgan fingerprint density at radius 1 is 1.27 bits per heavy atom. The topological polar surface area (TPSA) is 70.8 Å². The lowest BCUT2D eigenvalue weighted by Gasteiger charge is -2.15. The highest BCUT2D eigenvalue weighted by Gasteiger charge is 2.17. The molecule has 2 aromatic carbocycles. The van der Waals surface area contributed by atoms with Crippen molar-refractivity contribution in [3.8, 4) is 11.5 Å². The predicted molar refractivity (Wildman–Crippen MR) is 97.0 cm³/mol. The Bertz CT molecular complexity index is 749. The zero-order chi connectivity index (χ0) is 19.1. The summed E-state index contributed by atoms with van der Waals surface area (Å²) in [6.07, 6.45) is 0.300. The second-order valence-corrected chi connectivity index (χ2v) is 5.94. The molecule has 0 heterocycles. The van der Waals surface area contributed by atoms with Gasteiger partial charge in [0, 0.05) is 5.56 Å². The molecule has 0 fully saturated rings. The van der Waals surface area contributed by atoms with Crippen LogP contribution in [0.4, 0.5) is 4.39 Å². The number of benzene rings is 2. The minimum absolute atomic E-state index is 0.0381. The smallest absolute Gasteiger partial charge is 0.323 e. The molecule has 0 saturated heterocycles. The van der Waals surface area contributed by atoms with Crippen molar-refractivity contribution in [2.75, 3.05) is 13.7 Å². The van der Waals surface area contributed by atoms with Crippen molar-refractivity contribution in [3.05, 3.63) is 58.4 Å². The standard InChI is InChI=1S/C19H21ClFNO4/c1-3-25-19(23)16(22)9-12-7-8-17(18(10-12)24-2)26-11-13-14(20)5-4-6-15(13)21/h4-8,10,16H,3,9,11,22H2,1-2H3. The normalized spacial score (nSPS) is 11.7. The van der Waals surface area contributed by atoms with Crippen molar-refractivity contribution in [1.82, 2.24) is 0 Å². The van der Waals surface area contributed by atoms with Crippen LogP contribution in [0.25, 0.3) is 0 Å². The molecule has 0 saturated carbocycles. The second-order valence-electron chi connectivity index (χ2n) is 5.54. The molecule has 5 nitrogen and oxygen atoms in total. The van der Waals surface area contributed by atoms with Gasteiger partial charge in [0.25, 0.3) is 0 Å². The van der Waals surface area contributed by atoms with Crippen molar-refractivity contribution >= 4 is 17.6 Å². The van der Waals surface area contributed by atoms with Crippen LogP contribution in [0.5, 0.6) is 11.5 Å². The number of carbonyl (C=O) groups excluding carboxylic acids is 1. The number of ether oxygens (including phenoxy) is 3. The van der Waals surface area contributed by atoms with E-state index in [1.807, 2.05) is 0 Å². The summed E-state index contributed by atoms with van der Waals surface area (Å²) >= 11 is 6.00. The molecule has 1 atom stereocenters. The van der Waals surface area contributed by atoms with Gasteiger partial charge in [0.05, 0.1) is 18.7 Å². The van der Waals surface area contributed by atoms with Crippen molar-refractivity contribution in [2.24, 2.45) is 5.73 Å². The number of rotatable bonds is 8. The van der Waals surface area contributed by atoms with Crippen LogP contribution in [0, 0.1) is 5.82 Å². The highest BCUT2D eigenvalue weighted by atomic mass is 35.5. The van der Waals surface area contributed by atoms with E-state index >= 15 is 0 Å². The lowest BCUT2D eigenvalue weighted by molar-refractivity contribution is -0.144. The van der Waals surface area contributed by atoms with E-state index < -0.39 is 17.8 Å². The zero-order valence-electron chi connectivity index (χ0n) is 14.6. The Labute approximate surface area is 156 Å². The van der Waals surface area contributed by atoms with Crippen molar-refractivity contribution in [3.63, 3.8) is 0 Å². The van der Waals surface area contributed by atoms with Gasteiger partial charge < -0.3 is 19.9 Å². The molecule has 0 amide bonds. The third kappa shape index (κ3) is 5.09. The van der Waals surface area contributed by atoms with Gasteiger partial charge in [0.2, 0.25) is 0 Å². The fourth-order valence-electron chi connectivity index (χ4n) is 2.36. The van der Waals surface area contributed by atoms with E-state index in [2.05, 4.69) is 0 Å². The third-order valence-electron chi connectivity index (χ3n) is 3.71. The fourth-order valence-corrected chi connectivity index (χ4v) is 2.58. The van der Waals surface area contributed by atoms with Gasteiger partial charge in [-0.25, -0.2) is 4.39 Å². The van der Waals surface area contributed by atoms with Gasteiger partial charge in [-0.3, -0.25) is 4.79 Å². The SMILES string of the molecule is CCOC(=O)C(N)Cc1ccc(OCc2c(F)cccc2Cl)c(OC)c1. The molecule has 2 aromatic rings. The Morgan fingerprint density at radius 2 is 2.04 bits per heavy atom. The number of nitrogens with two attached hydrogens (primary N) is 1. The monoisotopic (exact) mass is 381 g/mol. The van der Waals surface area contributed by atoms with Crippen LogP contribution in [0.15, 0.2) is 36.4 Å². The molecule has 0 radical (unpaired) electrons. The molecular weight excluding hydrogens is 361 g/mol. The molecule has 0 spiro atoms. The third-order valence-corrected chi connectivity index (χ3v) is 4.06. The summed E-state index contributed by atoms with van der Waals surface area (Å²) in [5.74, 6) is -0.0132. The van der Waals surface area contributed by atoms with Crippen LogP contribution < -0.4 is 15.2 Å². The molecule has 0 aliphatic heterocycles. The Morgan fingerprint density at radius 3 is 2.69 bits per heavy atom. The molecule has 0 aliphatic rings. The summed E-state index contributed by atoms with van der Waals surface area (Å²) in [6.45, 7) is 1.96. The van der Waals surface area contributed by atoms with Gasteiger partial charge in [-0.15, -0.1) is 0 Å². The molecule has 1 unspecified atom stereocenters. The first-order chi connectivity index (χ1) is 12.5. The van der Waals surface area contributed by atoms with Gasteiger partial charge in [-0.2, -0.15) is 0 Å². The van der Waals surface area contributed by atoms with E-state index in [0.717, 1.165) is 5.56 Å². The van der Waals surface area contributed by atoms with E-state index in [4.69, 9.17) is 31.5 Å². The van der Waals surface area contributed by atoms with Crippen LogP contribution in [0.1, 0.15) is 18.1 Å². The number of esters is 1. The summed E-state index contributed by atoms with van der Waals surface area (Å²) in [4.78, 5) is 11.6. The van der Waals surface area contributed by atoms with E-state index in [1.54, 1.807) is 31.2 Å². The molecule has 2 rings (SSSR count). The molecular formula is C19H21ClFNO4. The first-order valence-corrected chi connectivity index (χ1v) is 8.48. The summed E-state index contributed by atoms with van der Waals surface area (Å²) in [5, 5.41) is 0.293. The number of carbonyl (C=O) groups is 1. The van der Waals surface area contributed by atoms with Crippen LogP contribution in [-0.4, -0.2) is 25.7 Å². The van der Waals surface area contributed by atoms with Gasteiger partial charge in [-0.05, 0) is 43.2 Å². The number of hydrogen-bond acceptors (Lipinski definition) is 5. The van der Waals surface area contributed by atoms with Crippen molar-refractivity contribution in [2.45, 2.75) is 26.0 Å². The largest absolute Gasteiger partial charge is 0.493 e. The zero-order valence-corrected chi connectivity index (χ0v) is 15.4. The van der Waals surface area contributed by atoms with E-state index in [0.29, 0.717) is 22.9 Å². The summed E-state index contributed by atoms with van der Waals surface area (Å²) in [6, 6.07) is 8.85. The minimum atomic E-state index is -0.761. The molecule has 26 heavy (non-hydrogen) atoms. The van der Waals surface area contributed by atoms with E-state index in [-0.39, 0.29) is 18.8 Å². The molecule has 2 N–H and O–H groups in total. The predicted octanol–water partition coefficient (Wildman–Crippen LogP) is 3.50. The maximum Gasteiger partial charge on any atom is 0.323 e. The fraction of sp³-hybridized carbons (Fsp3) is 0.316. The van der Waals surface area contributed by atoms with Crippen LogP contribution in [-0.2, 0) is 22.6 Å². The molecule has 0 aromatic heterocycles. The first-order valence-electron chi connectivity index (χ1n) is 8.11. The highest BCUT2D eigenvalue weighted by Crippen LogP contribution is 2.30. The summed E-state index contributed by atoms with van der Waals surface area (Å²) < 4.78 is 29.7. The molecule has 0 bridgehead atoms. The lowest BCUT2D eigenvalue weighted by Crippen LogP contribution is -2.34. The summed E-state index contributed by atoms with van der Waals surface area (Å²) in [7, 11) is 1.49. The molecule has 0 aliphatic carbocycles. The van der Waals surface area contributed by atoms with Gasteiger partial charge in [-0.1, -0.05) is 23.7 Å². The minimum Gasteiger partial charge on any atom is -0.493 e. The molecule has 140 valence electrons. The summed E-state index contributed by atoms with van der Waals surface area (Å²) in [5.41, 5.74) is 6.89. The maximum absolute atomic E-state index is 13.8. The van der Waals surface area contributed by atoms with Gasteiger partial charge in [0.15, 0.2) is 11.5 Å². The van der Waals surface area contributed by atoms with Crippen LogP contribution >= 0.6 is 11.6 Å². The average Bonchev–Trinajstić information content (AvgIpc) is 2.62. The number of hydrogen-bond donors (Lipinski definition) is 1. The average molecular weight is 382 g/mol. The van der Waals surface area contributed by atoms with Crippen LogP contribution in [0.3, 0.4) is 0 Å². The highest BCUT2D eigenvalue weighted by molar-refractivity contribution is 6.31.